The maximum absolute atomic E-state index is 6.00. The van der Waals surface area contributed by atoms with Crippen LogP contribution >= 0.6 is 11.6 Å². The number of methoxy groups -OCH3 is 1. The minimum absolute atomic E-state index is 0.113. The fourth-order valence-corrected chi connectivity index (χ4v) is 2.73. The number of fused-ring (bicyclic) bond motifs is 1. The standard InChI is InChI=1S/C18H14ClNO2/c1-21-13-6-7-14-15(11-2-4-12(19)5-3-11)9-17(18-10-22-18)20-16(14)8-13/h2-9,18H,10H2,1H3. The number of hydrogen-bond donors (Lipinski definition) is 0. The fourth-order valence-electron chi connectivity index (χ4n) is 2.61. The smallest absolute Gasteiger partial charge is 0.123 e. The third-order valence-electron chi connectivity index (χ3n) is 3.86. The molecule has 1 aliphatic heterocycles. The van der Waals surface area contributed by atoms with E-state index >= 15 is 0 Å². The monoisotopic (exact) mass is 311 g/mol. The molecule has 1 fully saturated rings. The lowest BCUT2D eigenvalue weighted by molar-refractivity contribution is 0.411. The van der Waals surface area contributed by atoms with E-state index in [0.29, 0.717) is 0 Å². The van der Waals surface area contributed by atoms with E-state index in [9.17, 15) is 0 Å². The molecule has 0 bridgehead atoms. The topological polar surface area (TPSA) is 34.6 Å². The molecule has 1 aliphatic rings. The van der Waals surface area contributed by atoms with Crippen molar-refractivity contribution in [2.75, 3.05) is 13.7 Å². The second-order valence-electron chi connectivity index (χ2n) is 5.31. The number of nitrogens with zero attached hydrogens (tertiary/aromatic N) is 1. The van der Waals surface area contributed by atoms with Gasteiger partial charge in [-0.2, -0.15) is 0 Å². The molecular formula is C18H14ClNO2. The van der Waals surface area contributed by atoms with Crippen molar-refractivity contribution in [3.63, 3.8) is 0 Å². The second-order valence-corrected chi connectivity index (χ2v) is 5.74. The number of aromatic nitrogens is 1. The van der Waals surface area contributed by atoms with Crippen LogP contribution in [0.1, 0.15) is 11.8 Å². The summed E-state index contributed by atoms with van der Waals surface area (Å²) in [6.45, 7) is 0.739. The summed E-state index contributed by atoms with van der Waals surface area (Å²) in [5, 5.41) is 1.82. The van der Waals surface area contributed by atoms with Gasteiger partial charge in [-0.05, 0) is 41.5 Å². The highest BCUT2D eigenvalue weighted by molar-refractivity contribution is 6.30. The van der Waals surface area contributed by atoms with Gasteiger partial charge in [0.2, 0.25) is 0 Å². The second kappa shape index (κ2) is 5.27. The molecule has 0 saturated carbocycles. The largest absolute Gasteiger partial charge is 0.497 e. The van der Waals surface area contributed by atoms with Crippen molar-refractivity contribution in [1.82, 2.24) is 4.98 Å². The predicted octanol–water partition coefficient (Wildman–Crippen LogP) is 4.64. The minimum atomic E-state index is 0.113. The molecular weight excluding hydrogens is 298 g/mol. The number of rotatable bonds is 3. The van der Waals surface area contributed by atoms with E-state index in [-0.39, 0.29) is 6.10 Å². The summed E-state index contributed by atoms with van der Waals surface area (Å²) in [7, 11) is 1.66. The molecule has 0 radical (unpaired) electrons. The molecule has 1 atom stereocenters. The summed E-state index contributed by atoms with van der Waals surface area (Å²) in [5.41, 5.74) is 4.13. The van der Waals surface area contributed by atoms with Crippen molar-refractivity contribution < 1.29 is 9.47 Å². The summed E-state index contributed by atoms with van der Waals surface area (Å²) < 4.78 is 10.7. The van der Waals surface area contributed by atoms with Crippen molar-refractivity contribution in [1.29, 1.82) is 0 Å². The molecule has 1 unspecified atom stereocenters. The van der Waals surface area contributed by atoms with Crippen LogP contribution in [0.25, 0.3) is 22.0 Å². The van der Waals surface area contributed by atoms with Gasteiger partial charge < -0.3 is 9.47 Å². The first-order valence-electron chi connectivity index (χ1n) is 7.11. The highest BCUT2D eigenvalue weighted by Crippen LogP contribution is 2.36. The molecule has 1 aromatic heterocycles. The summed E-state index contributed by atoms with van der Waals surface area (Å²) in [5.74, 6) is 0.802. The Morgan fingerprint density at radius 1 is 1.14 bits per heavy atom. The van der Waals surface area contributed by atoms with Gasteiger partial charge in [0.05, 0.1) is 24.9 Å². The Labute approximate surface area is 133 Å². The maximum Gasteiger partial charge on any atom is 0.123 e. The minimum Gasteiger partial charge on any atom is -0.497 e. The van der Waals surface area contributed by atoms with Crippen LogP contribution < -0.4 is 4.74 Å². The van der Waals surface area contributed by atoms with E-state index in [2.05, 4.69) is 6.07 Å². The first-order valence-corrected chi connectivity index (χ1v) is 7.48. The molecule has 0 spiro atoms. The third-order valence-corrected chi connectivity index (χ3v) is 4.11. The van der Waals surface area contributed by atoms with Gasteiger partial charge in [-0.15, -0.1) is 0 Å². The zero-order valence-electron chi connectivity index (χ0n) is 12.0. The quantitative estimate of drug-likeness (QED) is 0.661. The summed E-state index contributed by atoms with van der Waals surface area (Å²) in [6, 6.07) is 15.9. The normalized spacial score (nSPS) is 16.7. The van der Waals surface area contributed by atoms with Crippen molar-refractivity contribution >= 4 is 22.5 Å². The molecule has 22 heavy (non-hydrogen) atoms. The van der Waals surface area contributed by atoms with E-state index < -0.39 is 0 Å². The summed E-state index contributed by atoms with van der Waals surface area (Å²) >= 11 is 6.00. The molecule has 4 heteroatoms. The van der Waals surface area contributed by atoms with Gasteiger partial charge >= 0.3 is 0 Å². The highest BCUT2D eigenvalue weighted by Gasteiger charge is 2.27. The fraction of sp³-hybridized carbons (Fsp3) is 0.167. The average molecular weight is 312 g/mol. The molecule has 110 valence electrons. The Kier molecular flexibility index (Phi) is 3.25. The van der Waals surface area contributed by atoms with Crippen LogP contribution in [0.5, 0.6) is 5.75 Å². The van der Waals surface area contributed by atoms with Crippen LogP contribution in [0.4, 0.5) is 0 Å². The Hall–Kier alpha value is -2.10. The van der Waals surface area contributed by atoms with Crippen molar-refractivity contribution in [3.05, 3.63) is 59.2 Å². The van der Waals surface area contributed by atoms with Crippen LogP contribution in [-0.4, -0.2) is 18.7 Å². The average Bonchev–Trinajstić information content (AvgIpc) is 3.39. The number of pyridine rings is 1. The number of hydrogen-bond acceptors (Lipinski definition) is 3. The maximum atomic E-state index is 6.00. The molecule has 3 nitrogen and oxygen atoms in total. The van der Waals surface area contributed by atoms with Crippen molar-refractivity contribution in [3.8, 4) is 16.9 Å². The van der Waals surface area contributed by atoms with Gasteiger partial charge in [0.25, 0.3) is 0 Å². The molecule has 0 aliphatic carbocycles. The van der Waals surface area contributed by atoms with E-state index in [1.165, 1.54) is 0 Å². The number of halogens is 1. The van der Waals surface area contributed by atoms with Gasteiger partial charge in [0.1, 0.15) is 11.9 Å². The lowest BCUT2D eigenvalue weighted by atomic mass is 9.99. The van der Waals surface area contributed by atoms with Crippen molar-refractivity contribution in [2.45, 2.75) is 6.10 Å². The number of epoxide rings is 1. The molecule has 0 N–H and O–H groups in total. The van der Waals surface area contributed by atoms with Crippen LogP contribution in [0.15, 0.2) is 48.5 Å². The van der Waals surface area contributed by atoms with Crippen molar-refractivity contribution in [2.24, 2.45) is 0 Å². The van der Waals surface area contributed by atoms with E-state index in [4.69, 9.17) is 26.1 Å². The Bertz CT molecular complexity index is 842. The summed E-state index contributed by atoms with van der Waals surface area (Å²) in [4.78, 5) is 4.72. The number of ether oxygens (including phenoxy) is 2. The molecule has 1 saturated heterocycles. The van der Waals surface area contributed by atoms with E-state index in [0.717, 1.165) is 45.1 Å². The van der Waals surface area contributed by atoms with Crippen LogP contribution in [0.3, 0.4) is 0 Å². The third kappa shape index (κ3) is 2.43. The molecule has 0 amide bonds. The first kappa shape index (κ1) is 13.6. The lowest BCUT2D eigenvalue weighted by Crippen LogP contribution is -1.93. The lowest BCUT2D eigenvalue weighted by Gasteiger charge is -2.10. The van der Waals surface area contributed by atoms with Gasteiger partial charge in [0, 0.05) is 16.5 Å². The Balaban J connectivity index is 1.96. The summed E-state index contributed by atoms with van der Waals surface area (Å²) in [6.07, 6.45) is 0.113. The van der Waals surface area contributed by atoms with E-state index in [1.807, 2.05) is 42.5 Å². The van der Waals surface area contributed by atoms with Gasteiger partial charge in [-0.3, -0.25) is 0 Å². The van der Waals surface area contributed by atoms with Crippen LogP contribution in [-0.2, 0) is 4.74 Å². The Morgan fingerprint density at radius 3 is 2.59 bits per heavy atom. The van der Waals surface area contributed by atoms with Gasteiger partial charge in [0.15, 0.2) is 0 Å². The van der Waals surface area contributed by atoms with Crippen LogP contribution in [0.2, 0.25) is 5.02 Å². The SMILES string of the molecule is COc1ccc2c(-c3ccc(Cl)cc3)cc(C3CO3)nc2c1. The van der Waals surface area contributed by atoms with Gasteiger partial charge in [-0.1, -0.05) is 23.7 Å². The molecule has 4 rings (SSSR count). The zero-order valence-corrected chi connectivity index (χ0v) is 12.8. The zero-order chi connectivity index (χ0) is 15.1. The molecule has 2 aromatic carbocycles. The highest BCUT2D eigenvalue weighted by atomic mass is 35.5. The molecule has 2 heterocycles. The van der Waals surface area contributed by atoms with E-state index in [1.54, 1.807) is 7.11 Å². The van der Waals surface area contributed by atoms with Crippen LogP contribution in [0, 0.1) is 0 Å². The number of benzene rings is 2. The predicted molar refractivity (Wildman–Crippen MR) is 87.4 cm³/mol. The first-order chi connectivity index (χ1) is 10.7. The Morgan fingerprint density at radius 2 is 1.91 bits per heavy atom. The van der Waals surface area contributed by atoms with Gasteiger partial charge in [-0.25, -0.2) is 4.98 Å². The molecule has 3 aromatic rings.